The second-order valence-electron chi connectivity index (χ2n) is 9.25. The number of thiophene rings is 1. The maximum atomic E-state index is 13.8. The topological polar surface area (TPSA) is 134 Å². The number of halogens is 4. The van der Waals surface area contributed by atoms with Crippen molar-refractivity contribution in [2.24, 2.45) is 5.73 Å². The number of primary amides is 1. The van der Waals surface area contributed by atoms with Gasteiger partial charge in [-0.1, -0.05) is 0 Å². The van der Waals surface area contributed by atoms with E-state index >= 15 is 0 Å². The average molecular weight is 650 g/mol. The third-order valence-electron chi connectivity index (χ3n) is 6.46. The van der Waals surface area contributed by atoms with Crippen LogP contribution in [0.2, 0.25) is 0 Å². The zero-order chi connectivity index (χ0) is 29.8. The number of aryl methyl sites for hydroxylation is 3. The Morgan fingerprint density at radius 2 is 1.88 bits per heavy atom. The Kier molecular flexibility index (Phi) is 7.27. The van der Waals surface area contributed by atoms with Gasteiger partial charge >= 0.3 is 6.18 Å². The summed E-state index contributed by atoms with van der Waals surface area (Å²) in [6.45, 7) is 7.98. The van der Waals surface area contributed by atoms with Crippen LogP contribution in [0.3, 0.4) is 0 Å². The van der Waals surface area contributed by atoms with E-state index in [-0.39, 0.29) is 38.6 Å². The third-order valence-corrected chi connectivity index (χ3v) is 8.71. The highest BCUT2D eigenvalue weighted by molar-refractivity contribution is 9.10. The van der Waals surface area contributed by atoms with Crippen molar-refractivity contribution in [2.45, 2.75) is 47.0 Å². The maximum absolute atomic E-state index is 13.8. The molecule has 0 bridgehead atoms. The fourth-order valence-electron chi connectivity index (χ4n) is 4.43. The molecule has 41 heavy (non-hydrogen) atoms. The predicted octanol–water partition coefficient (Wildman–Crippen LogP) is 6.08. The van der Waals surface area contributed by atoms with Crippen LogP contribution in [-0.2, 0) is 19.3 Å². The average Bonchev–Trinajstić information content (AvgIpc) is 3.67. The molecule has 0 saturated carbocycles. The lowest BCUT2D eigenvalue weighted by molar-refractivity contribution is -0.140. The molecule has 0 aliphatic carbocycles. The molecule has 0 aliphatic heterocycles. The van der Waals surface area contributed by atoms with Gasteiger partial charge in [0.05, 0.1) is 33.8 Å². The number of nitrogens with one attached hydrogen (secondary N) is 1. The van der Waals surface area contributed by atoms with Crippen LogP contribution in [0.4, 0.5) is 18.9 Å². The van der Waals surface area contributed by atoms with Gasteiger partial charge in [0, 0.05) is 23.7 Å². The van der Waals surface area contributed by atoms with E-state index in [2.05, 4.69) is 36.4 Å². The van der Waals surface area contributed by atoms with Crippen LogP contribution >= 0.6 is 27.3 Å². The number of carbonyl (C=O) groups excluding carboxylic acids is 2. The monoisotopic (exact) mass is 649 g/mol. The first kappa shape index (κ1) is 28.5. The van der Waals surface area contributed by atoms with Gasteiger partial charge in [-0.3, -0.25) is 19.0 Å². The van der Waals surface area contributed by atoms with Crippen molar-refractivity contribution in [1.29, 1.82) is 0 Å². The lowest BCUT2D eigenvalue weighted by Gasteiger charge is -2.11. The van der Waals surface area contributed by atoms with E-state index in [9.17, 15) is 22.8 Å². The number of nitrogens with zero attached hydrogens (tertiary/aromatic N) is 5. The zero-order valence-corrected chi connectivity index (χ0v) is 24.6. The van der Waals surface area contributed by atoms with Crippen molar-refractivity contribution < 1.29 is 27.2 Å². The first-order valence-corrected chi connectivity index (χ1v) is 13.9. The van der Waals surface area contributed by atoms with Gasteiger partial charge in [0.15, 0.2) is 5.76 Å². The van der Waals surface area contributed by atoms with E-state index in [0.29, 0.717) is 34.9 Å². The normalized spacial score (nSPS) is 11.9. The molecule has 0 aliphatic rings. The number of nitrogens with two attached hydrogens (primary N) is 1. The molecule has 15 heteroatoms. The van der Waals surface area contributed by atoms with Crippen LogP contribution in [0, 0.1) is 20.8 Å². The standard InChI is InChI=1S/C26H23BrF3N7O3S/c1-5-36-10-16(11(2)34-36)15-8-18(26(28,29)30)32-25-19(15)21(22(41-25)23(31)38)33-24(39)17-7-6-14(40-17)9-37-13(4)20(27)12(3)35-37/h6-8,10H,5,9H2,1-4H3,(H2,31,38)(H,33,39). The minimum Gasteiger partial charge on any atom is -0.454 e. The Labute approximate surface area is 243 Å². The number of hydrogen-bond acceptors (Lipinski definition) is 7. The van der Waals surface area contributed by atoms with E-state index < -0.39 is 23.7 Å². The van der Waals surface area contributed by atoms with E-state index in [4.69, 9.17) is 10.2 Å². The number of rotatable bonds is 7. The Hall–Kier alpha value is -3.98. The lowest BCUT2D eigenvalue weighted by atomic mass is 10.0. The van der Waals surface area contributed by atoms with Crippen molar-refractivity contribution in [3.63, 3.8) is 0 Å². The molecule has 0 atom stereocenters. The summed E-state index contributed by atoms with van der Waals surface area (Å²) in [7, 11) is 0. The van der Waals surface area contributed by atoms with E-state index in [1.165, 1.54) is 6.07 Å². The molecule has 10 nitrogen and oxygen atoms in total. The molecule has 5 heterocycles. The first-order chi connectivity index (χ1) is 19.3. The molecule has 214 valence electrons. The quantitative estimate of drug-likeness (QED) is 0.220. The number of aromatic nitrogens is 5. The molecule has 0 saturated heterocycles. The second-order valence-corrected chi connectivity index (χ2v) is 11.0. The summed E-state index contributed by atoms with van der Waals surface area (Å²) in [5.41, 5.74) is 7.03. The molecule has 2 amide bonds. The lowest BCUT2D eigenvalue weighted by Crippen LogP contribution is -2.16. The second kappa shape index (κ2) is 10.4. The summed E-state index contributed by atoms with van der Waals surface area (Å²) in [6.07, 6.45) is -3.16. The van der Waals surface area contributed by atoms with Gasteiger partial charge in [-0.15, -0.1) is 11.3 Å². The Morgan fingerprint density at radius 1 is 1.15 bits per heavy atom. The molecule has 5 aromatic heterocycles. The van der Waals surface area contributed by atoms with Crippen LogP contribution in [0.25, 0.3) is 21.3 Å². The Bertz CT molecular complexity index is 1830. The largest absolute Gasteiger partial charge is 0.454 e. The van der Waals surface area contributed by atoms with E-state index in [1.54, 1.807) is 28.6 Å². The van der Waals surface area contributed by atoms with Crippen LogP contribution in [-0.4, -0.2) is 36.4 Å². The number of furan rings is 1. The summed E-state index contributed by atoms with van der Waals surface area (Å²) in [5, 5.41) is 11.6. The number of carbonyl (C=O) groups is 2. The predicted molar refractivity (Wildman–Crippen MR) is 150 cm³/mol. The number of alkyl halides is 3. The van der Waals surface area contributed by atoms with Crippen LogP contribution in [0.1, 0.15) is 55.7 Å². The molecular formula is C26H23BrF3N7O3S. The maximum Gasteiger partial charge on any atom is 0.433 e. The molecule has 5 aromatic rings. The van der Waals surface area contributed by atoms with Crippen LogP contribution in [0.15, 0.2) is 33.3 Å². The number of pyridine rings is 1. The summed E-state index contributed by atoms with van der Waals surface area (Å²) in [5.74, 6) is -1.29. The van der Waals surface area contributed by atoms with Gasteiger partial charge in [0.2, 0.25) is 0 Å². The van der Waals surface area contributed by atoms with Crippen molar-refractivity contribution in [3.05, 3.63) is 68.0 Å². The SMILES string of the molecule is CCn1cc(-c2cc(C(F)(F)F)nc3sc(C(N)=O)c(NC(=O)c4ccc(Cn5nc(C)c(Br)c5C)o4)c23)c(C)n1. The summed E-state index contributed by atoms with van der Waals surface area (Å²) >= 11 is 4.14. The van der Waals surface area contributed by atoms with Crippen LogP contribution in [0.5, 0.6) is 0 Å². The molecule has 0 aromatic carbocycles. The summed E-state index contributed by atoms with van der Waals surface area (Å²) in [4.78, 5) is 29.2. The smallest absolute Gasteiger partial charge is 0.433 e. The minimum absolute atomic E-state index is 0.0530. The summed E-state index contributed by atoms with van der Waals surface area (Å²) < 4.78 is 51.4. The van der Waals surface area contributed by atoms with Gasteiger partial charge in [0.1, 0.15) is 21.2 Å². The highest BCUT2D eigenvalue weighted by Gasteiger charge is 2.35. The number of amides is 2. The highest BCUT2D eigenvalue weighted by atomic mass is 79.9. The molecule has 0 spiro atoms. The number of fused-ring (bicyclic) bond motifs is 1. The van der Waals surface area contributed by atoms with Crippen LogP contribution < -0.4 is 11.1 Å². The number of hydrogen-bond donors (Lipinski definition) is 2. The highest BCUT2D eigenvalue weighted by Crippen LogP contribution is 2.44. The van der Waals surface area contributed by atoms with Gasteiger partial charge < -0.3 is 15.5 Å². The molecule has 5 rings (SSSR count). The number of anilines is 1. The molecule has 0 unspecified atom stereocenters. The molecular weight excluding hydrogens is 627 g/mol. The van der Waals surface area contributed by atoms with E-state index in [0.717, 1.165) is 21.9 Å². The van der Waals surface area contributed by atoms with Crippen molar-refractivity contribution in [2.75, 3.05) is 5.32 Å². The van der Waals surface area contributed by atoms with Crippen molar-refractivity contribution in [1.82, 2.24) is 24.5 Å². The zero-order valence-electron chi connectivity index (χ0n) is 22.2. The first-order valence-electron chi connectivity index (χ1n) is 12.3. The van der Waals surface area contributed by atoms with Gasteiger partial charge in [0.25, 0.3) is 11.8 Å². The van der Waals surface area contributed by atoms with Crippen molar-refractivity contribution >= 4 is 55.0 Å². The van der Waals surface area contributed by atoms with E-state index in [1.807, 2.05) is 20.8 Å². The Balaban J connectivity index is 1.59. The minimum atomic E-state index is -4.76. The molecule has 0 fully saturated rings. The molecule has 0 radical (unpaired) electrons. The van der Waals surface area contributed by atoms with Gasteiger partial charge in [-0.2, -0.15) is 23.4 Å². The third kappa shape index (κ3) is 5.26. The molecule has 3 N–H and O–H groups in total. The Morgan fingerprint density at radius 3 is 2.46 bits per heavy atom. The fourth-order valence-corrected chi connectivity index (χ4v) is 5.72. The van der Waals surface area contributed by atoms with Gasteiger partial charge in [-0.25, -0.2) is 4.98 Å². The fraction of sp³-hybridized carbons (Fsp3) is 0.269. The van der Waals surface area contributed by atoms with Crippen molar-refractivity contribution in [3.8, 4) is 11.1 Å². The summed E-state index contributed by atoms with van der Waals surface area (Å²) in [6, 6.07) is 3.96. The van der Waals surface area contributed by atoms with Gasteiger partial charge in [-0.05, 0) is 67.4 Å².